The lowest BCUT2D eigenvalue weighted by atomic mass is 9.92. The van der Waals surface area contributed by atoms with Gasteiger partial charge in [-0.3, -0.25) is 0 Å². The molecular formula is C15H14N6. The summed E-state index contributed by atoms with van der Waals surface area (Å²) in [5.41, 5.74) is 20.5. The Morgan fingerprint density at radius 2 is 1.48 bits per heavy atom. The van der Waals surface area contributed by atoms with E-state index in [0.717, 1.165) is 11.1 Å². The Bertz CT molecular complexity index is 726. The Morgan fingerprint density at radius 3 is 2.19 bits per heavy atom. The van der Waals surface area contributed by atoms with Crippen molar-refractivity contribution in [1.29, 1.82) is 0 Å². The van der Waals surface area contributed by atoms with Crippen LogP contribution in [0.25, 0.3) is 20.9 Å². The second-order valence-electron chi connectivity index (χ2n) is 4.67. The predicted molar refractivity (Wildman–Crippen MR) is 82.6 cm³/mol. The summed E-state index contributed by atoms with van der Waals surface area (Å²) in [6.45, 7) is 2.05. The molecule has 0 amide bonds. The summed E-state index contributed by atoms with van der Waals surface area (Å²) in [6.07, 6.45) is 0.702. The first kappa shape index (κ1) is 14.5. The molecule has 1 unspecified atom stereocenters. The van der Waals surface area contributed by atoms with Crippen LogP contribution in [0.3, 0.4) is 0 Å². The lowest BCUT2D eigenvalue weighted by Gasteiger charge is -2.15. The van der Waals surface area contributed by atoms with Crippen molar-refractivity contribution in [3.05, 3.63) is 80.5 Å². The van der Waals surface area contributed by atoms with Crippen molar-refractivity contribution < 1.29 is 0 Å². The van der Waals surface area contributed by atoms with Crippen molar-refractivity contribution in [3.8, 4) is 0 Å². The first-order chi connectivity index (χ1) is 10.3. The summed E-state index contributed by atoms with van der Waals surface area (Å²) in [6, 6.07) is 15.0. The van der Waals surface area contributed by atoms with Crippen molar-refractivity contribution in [3.63, 3.8) is 0 Å². The first-order valence-corrected chi connectivity index (χ1v) is 6.53. The molecule has 0 radical (unpaired) electrons. The number of rotatable bonds is 5. The minimum Gasteiger partial charge on any atom is -0.0620 e. The molecule has 0 N–H and O–H groups in total. The van der Waals surface area contributed by atoms with Gasteiger partial charge in [-0.15, -0.1) is 0 Å². The highest BCUT2D eigenvalue weighted by Gasteiger charge is 2.12. The molecule has 0 saturated heterocycles. The van der Waals surface area contributed by atoms with Crippen molar-refractivity contribution in [2.24, 2.45) is 10.2 Å². The normalized spacial score (nSPS) is 11.1. The predicted octanol–water partition coefficient (Wildman–Crippen LogP) is 5.92. The van der Waals surface area contributed by atoms with E-state index in [1.165, 1.54) is 0 Å². The van der Waals surface area contributed by atoms with Gasteiger partial charge in [0, 0.05) is 21.2 Å². The molecular weight excluding hydrogens is 264 g/mol. The average Bonchev–Trinajstić information content (AvgIpc) is 2.50. The fraction of sp³-hybridized carbons (Fsp3) is 0.200. The van der Waals surface area contributed by atoms with Gasteiger partial charge in [0.2, 0.25) is 0 Å². The fourth-order valence-corrected chi connectivity index (χ4v) is 2.31. The molecule has 0 fully saturated rings. The molecule has 2 aromatic rings. The molecule has 6 nitrogen and oxygen atoms in total. The number of azide groups is 2. The summed E-state index contributed by atoms with van der Waals surface area (Å²) in [5.74, 6) is 0.141. The van der Waals surface area contributed by atoms with E-state index in [0.29, 0.717) is 17.8 Å². The van der Waals surface area contributed by atoms with Gasteiger partial charge in [-0.1, -0.05) is 65.7 Å². The maximum absolute atomic E-state index is 8.63. The number of hydrogen-bond acceptors (Lipinski definition) is 2. The molecule has 2 aromatic carbocycles. The minimum atomic E-state index is 0.141. The molecule has 2 rings (SSSR count). The minimum absolute atomic E-state index is 0.141. The number of nitrogens with zero attached hydrogens (tertiary/aromatic N) is 6. The van der Waals surface area contributed by atoms with Crippen molar-refractivity contribution >= 4 is 11.4 Å². The van der Waals surface area contributed by atoms with Gasteiger partial charge in [0.1, 0.15) is 0 Å². The molecule has 0 spiro atoms. The maximum atomic E-state index is 8.63. The molecule has 0 aliphatic heterocycles. The molecule has 0 aliphatic rings. The highest BCUT2D eigenvalue weighted by Crippen LogP contribution is 2.31. The monoisotopic (exact) mass is 278 g/mol. The van der Waals surface area contributed by atoms with Crippen molar-refractivity contribution in [1.82, 2.24) is 0 Å². The maximum Gasteiger partial charge on any atom is 0.0410 e. The van der Waals surface area contributed by atoms with Crippen LogP contribution in [-0.2, 0) is 6.42 Å². The van der Waals surface area contributed by atoms with Crippen LogP contribution in [0, 0.1) is 0 Å². The van der Waals surface area contributed by atoms with Crippen LogP contribution in [0.15, 0.2) is 58.8 Å². The van der Waals surface area contributed by atoms with Gasteiger partial charge in [-0.25, -0.2) is 0 Å². The van der Waals surface area contributed by atoms with Crippen LogP contribution in [0.2, 0.25) is 0 Å². The van der Waals surface area contributed by atoms with E-state index in [4.69, 9.17) is 11.1 Å². The first-order valence-electron chi connectivity index (χ1n) is 6.53. The van der Waals surface area contributed by atoms with Gasteiger partial charge in [-0.2, -0.15) is 0 Å². The Labute approximate surface area is 122 Å². The van der Waals surface area contributed by atoms with Gasteiger partial charge < -0.3 is 0 Å². The third kappa shape index (κ3) is 3.54. The molecule has 1 atom stereocenters. The molecule has 0 aromatic heterocycles. The number of benzene rings is 2. The molecule has 6 heteroatoms. The fourth-order valence-electron chi connectivity index (χ4n) is 2.31. The quantitative estimate of drug-likeness (QED) is 0.368. The van der Waals surface area contributed by atoms with E-state index in [9.17, 15) is 0 Å². The van der Waals surface area contributed by atoms with Gasteiger partial charge in [0.05, 0.1) is 0 Å². The van der Waals surface area contributed by atoms with Crippen LogP contribution in [0.5, 0.6) is 0 Å². The van der Waals surface area contributed by atoms with Crippen LogP contribution >= 0.6 is 0 Å². The summed E-state index contributed by atoms with van der Waals surface area (Å²) >= 11 is 0. The molecule has 104 valence electrons. The Kier molecular flexibility index (Phi) is 4.83. The van der Waals surface area contributed by atoms with Crippen LogP contribution in [0.1, 0.15) is 24.0 Å². The van der Waals surface area contributed by atoms with Gasteiger partial charge >= 0.3 is 0 Å². The number of hydrogen-bond donors (Lipinski definition) is 0. The highest BCUT2D eigenvalue weighted by molar-refractivity contribution is 5.50. The smallest absolute Gasteiger partial charge is 0.0410 e. The van der Waals surface area contributed by atoms with E-state index in [1.807, 2.05) is 36.4 Å². The lowest BCUT2D eigenvalue weighted by molar-refractivity contribution is 0.760. The molecule has 0 saturated carbocycles. The Balaban J connectivity index is 2.32. The summed E-state index contributed by atoms with van der Waals surface area (Å²) in [5, 5.41) is 7.44. The zero-order valence-electron chi connectivity index (χ0n) is 11.6. The Hall–Kier alpha value is -2.94. The average molecular weight is 278 g/mol. The lowest BCUT2D eigenvalue weighted by Crippen LogP contribution is -1.99. The van der Waals surface area contributed by atoms with E-state index in [2.05, 4.69) is 27.0 Å². The largest absolute Gasteiger partial charge is 0.0620 e. The molecule has 21 heavy (non-hydrogen) atoms. The van der Waals surface area contributed by atoms with E-state index >= 15 is 0 Å². The zero-order valence-corrected chi connectivity index (χ0v) is 11.6. The van der Waals surface area contributed by atoms with Crippen LogP contribution in [0.4, 0.5) is 11.4 Å². The van der Waals surface area contributed by atoms with Gasteiger partial charge in [0.25, 0.3) is 0 Å². The zero-order chi connectivity index (χ0) is 15.1. The highest BCUT2D eigenvalue weighted by atomic mass is 15.1. The van der Waals surface area contributed by atoms with E-state index in [-0.39, 0.29) is 5.92 Å². The van der Waals surface area contributed by atoms with Gasteiger partial charge in [0.15, 0.2) is 0 Å². The van der Waals surface area contributed by atoms with E-state index < -0.39 is 0 Å². The van der Waals surface area contributed by atoms with Crippen molar-refractivity contribution in [2.75, 3.05) is 0 Å². The second-order valence-corrected chi connectivity index (χ2v) is 4.67. The SMILES string of the molecule is CC(Cc1ccccc1N=[N+]=[N-])c1ccccc1N=[N+]=[N-]. The second kappa shape index (κ2) is 7.01. The van der Waals surface area contributed by atoms with Crippen molar-refractivity contribution in [2.45, 2.75) is 19.3 Å². The molecule has 0 aliphatic carbocycles. The van der Waals surface area contributed by atoms with E-state index in [1.54, 1.807) is 12.1 Å². The van der Waals surface area contributed by atoms with Gasteiger partial charge in [-0.05, 0) is 34.5 Å². The standard InChI is InChI=1S/C15H14N6/c1-11(13-7-3-5-9-15(13)19-21-17)10-12-6-2-4-8-14(12)18-20-16/h2-9,11H,10H2,1H3. The third-order valence-corrected chi connectivity index (χ3v) is 3.29. The molecule has 0 heterocycles. The summed E-state index contributed by atoms with van der Waals surface area (Å²) in [4.78, 5) is 5.71. The summed E-state index contributed by atoms with van der Waals surface area (Å²) in [7, 11) is 0. The summed E-state index contributed by atoms with van der Waals surface area (Å²) < 4.78 is 0. The van der Waals surface area contributed by atoms with Crippen LogP contribution < -0.4 is 0 Å². The molecule has 0 bridgehead atoms. The Morgan fingerprint density at radius 1 is 0.905 bits per heavy atom. The third-order valence-electron chi connectivity index (χ3n) is 3.29. The topological polar surface area (TPSA) is 97.5 Å². The van der Waals surface area contributed by atoms with Crippen LogP contribution in [-0.4, -0.2) is 0 Å².